The van der Waals surface area contributed by atoms with E-state index in [1.165, 1.54) is 6.07 Å². The second-order valence-electron chi connectivity index (χ2n) is 6.15. The molecule has 9 heteroatoms. The summed E-state index contributed by atoms with van der Waals surface area (Å²) in [7, 11) is 0. The number of fused-ring (bicyclic) bond motifs is 1. The predicted octanol–water partition coefficient (Wildman–Crippen LogP) is 3.77. The Morgan fingerprint density at radius 2 is 2.11 bits per heavy atom. The number of nitro benzene ring substituents is 1. The van der Waals surface area contributed by atoms with Crippen LogP contribution in [-0.4, -0.2) is 30.1 Å². The zero-order chi connectivity index (χ0) is 19.0. The Labute approximate surface area is 153 Å². The summed E-state index contributed by atoms with van der Waals surface area (Å²) >= 11 is 0. The van der Waals surface area contributed by atoms with Gasteiger partial charge in [-0.3, -0.25) is 10.1 Å². The maximum absolute atomic E-state index is 11.1. The van der Waals surface area contributed by atoms with Crippen molar-refractivity contribution in [1.29, 1.82) is 0 Å². The van der Waals surface area contributed by atoms with Crippen LogP contribution in [0.5, 0.6) is 0 Å². The quantitative estimate of drug-likeness (QED) is 0.391. The molecule has 0 fully saturated rings. The summed E-state index contributed by atoms with van der Waals surface area (Å²) < 4.78 is 7.21. The fourth-order valence-electron chi connectivity index (χ4n) is 2.99. The van der Waals surface area contributed by atoms with E-state index in [1.807, 2.05) is 22.9 Å². The lowest BCUT2D eigenvalue weighted by Gasteiger charge is -2.01. The third kappa shape index (κ3) is 2.92. The minimum Gasteiger partial charge on any atom is -0.334 e. The second kappa shape index (κ2) is 6.60. The van der Waals surface area contributed by atoms with Gasteiger partial charge in [-0.1, -0.05) is 23.4 Å². The third-order valence-corrected chi connectivity index (χ3v) is 4.37. The molecule has 0 bridgehead atoms. The Balaban J connectivity index is 1.72. The highest BCUT2D eigenvalue weighted by Crippen LogP contribution is 2.30. The maximum Gasteiger partial charge on any atom is 0.273 e. The number of aryl methyl sites for hydroxylation is 1. The van der Waals surface area contributed by atoms with Gasteiger partial charge in [-0.05, 0) is 37.6 Å². The first-order valence-electron chi connectivity index (χ1n) is 8.50. The zero-order valence-electron chi connectivity index (χ0n) is 14.8. The molecule has 27 heavy (non-hydrogen) atoms. The summed E-state index contributed by atoms with van der Waals surface area (Å²) in [4.78, 5) is 15.1. The second-order valence-corrected chi connectivity index (χ2v) is 6.15. The van der Waals surface area contributed by atoms with Crippen LogP contribution in [0.2, 0.25) is 0 Å². The van der Waals surface area contributed by atoms with E-state index in [0.29, 0.717) is 17.0 Å². The standard InChI is InChI=1S/C18H16N6O3/c1-3-9-23-16-8-7-12(10-14(16)20-22-23)17-19-18(27-21-17)13-5-4-6-15(11(13)2)24(25)26/h4-8,10H,3,9H2,1-2H3. The van der Waals surface area contributed by atoms with Gasteiger partial charge in [0, 0.05) is 29.3 Å². The number of hydrogen-bond acceptors (Lipinski definition) is 7. The molecule has 0 amide bonds. The van der Waals surface area contributed by atoms with Crippen LogP contribution in [0.1, 0.15) is 18.9 Å². The largest absolute Gasteiger partial charge is 0.334 e. The molecular weight excluding hydrogens is 348 g/mol. The van der Waals surface area contributed by atoms with Gasteiger partial charge < -0.3 is 4.52 Å². The Hall–Kier alpha value is -3.62. The monoisotopic (exact) mass is 364 g/mol. The first-order chi connectivity index (χ1) is 13.1. The number of benzene rings is 2. The lowest BCUT2D eigenvalue weighted by atomic mass is 10.1. The number of nitrogens with zero attached hydrogens (tertiary/aromatic N) is 6. The van der Waals surface area contributed by atoms with Crippen molar-refractivity contribution in [2.45, 2.75) is 26.8 Å². The highest BCUT2D eigenvalue weighted by Gasteiger charge is 2.19. The van der Waals surface area contributed by atoms with Crippen LogP contribution in [0.25, 0.3) is 33.9 Å². The Kier molecular flexibility index (Phi) is 4.11. The van der Waals surface area contributed by atoms with Gasteiger partial charge in [0.15, 0.2) is 0 Å². The van der Waals surface area contributed by atoms with Gasteiger partial charge in [0.2, 0.25) is 5.82 Å². The van der Waals surface area contributed by atoms with Crippen LogP contribution < -0.4 is 0 Å². The predicted molar refractivity (Wildman–Crippen MR) is 97.9 cm³/mol. The number of hydrogen-bond donors (Lipinski definition) is 0. The molecular formula is C18H16N6O3. The van der Waals surface area contributed by atoms with Crippen molar-refractivity contribution in [2.75, 3.05) is 0 Å². The molecule has 0 saturated carbocycles. The smallest absolute Gasteiger partial charge is 0.273 e. The van der Waals surface area contributed by atoms with Crippen molar-refractivity contribution in [3.8, 4) is 22.8 Å². The van der Waals surface area contributed by atoms with Gasteiger partial charge in [-0.2, -0.15) is 4.98 Å². The van der Waals surface area contributed by atoms with E-state index >= 15 is 0 Å². The van der Waals surface area contributed by atoms with Crippen LogP contribution in [0.4, 0.5) is 5.69 Å². The first kappa shape index (κ1) is 16.8. The Bertz CT molecular complexity index is 1150. The van der Waals surface area contributed by atoms with Gasteiger partial charge in [-0.15, -0.1) is 5.10 Å². The van der Waals surface area contributed by atoms with Gasteiger partial charge in [0.1, 0.15) is 5.52 Å². The fraction of sp³-hybridized carbons (Fsp3) is 0.222. The van der Waals surface area contributed by atoms with Crippen molar-refractivity contribution in [3.05, 3.63) is 52.1 Å². The lowest BCUT2D eigenvalue weighted by molar-refractivity contribution is -0.385. The summed E-state index contributed by atoms with van der Waals surface area (Å²) in [6.07, 6.45) is 0.969. The highest BCUT2D eigenvalue weighted by atomic mass is 16.6. The van der Waals surface area contributed by atoms with Crippen LogP contribution >= 0.6 is 0 Å². The van der Waals surface area contributed by atoms with Crippen LogP contribution in [0, 0.1) is 17.0 Å². The molecule has 0 aliphatic heterocycles. The summed E-state index contributed by atoms with van der Waals surface area (Å²) in [6.45, 7) is 4.54. The Morgan fingerprint density at radius 3 is 2.89 bits per heavy atom. The fourth-order valence-corrected chi connectivity index (χ4v) is 2.99. The molecule has 2 aromatic carbocycles. The molecule has 9 nitrogen and oxygen atoms in total. The van der Waals surface area contributed by atoms with Gasteiger partial charge in [0.05, 0.1) is 10.4 Å². The van der Waals surface area contributed by atoms with E-state index < -0.39 is 4.92 Å². The van der Waals surface area contributed by atoms with Crippen molar-refractivity contribution < 1.29 is 9.45 Å². The van der Waals surface area contributed by atoms with E-state index in [2.05, 4.69) is 27.4 Å². The highest BCUT2D eigenvalue weighted by molar-refractivity contribution is 5.80. The molecule has 2 heterocycles. The van der Waals surface area contributed by atoms with E-state index in [4.69, 9.17) is 4.52 Å². The minimum absolute atomic E-state index is 0.0150. The van der Waals surface area contributed by atoms with E-state index in [-0.39, 0.29) is 11.6 Å². The van der Waals surface area contributed by atoms with Gasteiger partial charge in [-0.25, -0.2) is 4.68 Å². The first-order valence-corrected chi connectivity index (χ1v) is 8.50. The van der Waals surface area contributed by atoms with E-state index in [0.717, 1.165) is 29.6 Å². The molecule has 0 spiro atoms. The maximum atomic E-state index is 11.1. The average Bonchev–Trinajstić information content (AvgIpc) is 3.29. The van der Waals surface area contributed by atoms with Crippen molar-refractivity contribution in [2.24, 2.45) is 0 Å². The van der Waals surface area contributed by atoms with E-state index in [1.54, 1.807) is 19.1 Å². The van der Waals surface area contributed by atoms with Crippen LogP contribution in [0.15, 0.2) is 40.9 Å². The van der Waals surface area contributed by atoms with Crippen molar-refractivity contribution in [3.63, 3.8) is 0 Å². The molecule has 136 valence electrons. The number of rotatable bonds is 5. The average molecular weight is 364 g/mol. The summed E-state index contributed by atoms with van der Waals surface area (Å²) in [6, 6.07) is 10.4. The minimum atomic E-state index is -0.427. The van der Waals surface area contributed by atoms with Crippen molar-refractivity contribution in [1.82, 2.24) is 25.1 Å². The molecule has 0 radical (unpaired) electrons. The number of nitro groups is 1. The summed E-state index contributed by atoms with van der Waals surface area (Å²) in [5, 5.41) is 23.5. The molecule has 0 saturated heterocycles. The molecule has 0 aliphatic carbocycles. The van der Waals surface area contributed by atoms with Crippen molar-refractivity contribution >= 4 is 16.7 Å². The molecule has 0 atom stereocenters. The summed E-state index contributed by atoms with van der Waals surface area (Å²) in [5.41, 5.74) is 3.47. The zero-order valence-corrected chi connectivity index (χ0v) is 14.8. The SMILES string of the molecule is CCCn1nnc2cc(-c3noc(-c4cccc([N+](=O)[O-])c4C)n3)ccc21. The molecule has 4 rings (SSSR count). The molecule has 0 N–H and O–H groups in total. The molecule has 4 aromatic rings. The van der Waals surface area contributed by atoms with Gasteiger partial charge in [0.25, 0.3) is 11.6 Å². The normalized spacial score (nSPS) is 11.2. The lowest BCUT2D eigenvalue weighted by Crippen LogP contribution is -1.98. The molecule has 0 unspecified atom stereocenters. The molecule has 2 aromatic heterocycles. The number of aromatic nitrogens is 5. The van der Waals surface area contributed by atoms with Gasteiger partial charge >= 0.3 is 0 Å². The van der Waals surface area contributed by atoms with Crippen LogP contribution in [0.3, 0.4) is 0 Å². The summed E-state index contributed by atoms with van der Waals surface area (Å²) in [5.74, 6) is 0.629. The molecule has 0 aliphatic rings. The third-order valence-electron chi connectivity index (χ3n) is 4.37. The Morgan fingerprint density at radius 1 is 1.26 bits per heavy atom. The van der Waals surface area contributed by atoms with E-state index in [9.17, 15) is 10.1 Å². The van der Waals surface area contributed by atoms with Crippen LogP contribution in [-0.2, 0) is 6.54 Å². The topological polar surface area (TPSA) is 113 Å².